The van der Waals surface area contributed by atoms with Crippen molar-refractivity contribution >= 4 is 0 Å². The van der Waals surface area contributed by atoms with E-state index in [4.69, 9.17) is 6.42 Å². The first-order valence-corrected chi connectivity index (χ1v) is 3.13. The first-order valence-electron chi connectivity index (χ1n) is 3.13. The minimum absolute atomic E-state index is 0.148. The molecule has 0 rings (SSSR count). The maximum atomic E-state index is 5.31. The van der Waals surface area contributed by atoms with Crippen LogP contribution in [0, 0.1) is 12.5 Å². The average molecular weight is 126 g/mol. The van der Waals surface area contributed by atoms with Crippen LogP contribution in [0.1, 0.15) is 20.8 Å². The molecule has 0 aromatic rings. The molecule has 52 valence electrons. The van der Waals surface area contributed by atoms with E-state index in [0.717, 1.165) is 0 Å². The van der Waals surface area contributed by atoms with Crippen molar-refractivity contribution in [3.63, 3.8) is 0 Å². The van der Waals surface area contributed by atoms with Gasteiger partial charge in [-0.3, -0.25) is 0 Å². The summed E-state index contributed by atoms with van der Waals surface area (Å²) >= 11 is 0. The molecule has 9 heavy (non-hydrogen) atoms. The van der Waals surface area contributed by atoms with E-state index < -0.39 is 0 Å². The molecule has 0 aliphatic heterocycles. The molecule has 0 atom stereocenters. The van der Waals surface area contributed by atoms with Crippen molar-refractivity contribution in [1.82, 2.24) is 0 Å². The summed E-state index contributed by atoms with van der Waals surface area (Å²) in [6, 6.07) is 2.72. The SMILES string of the molecule is C#C[N+](C)(C)C(C)(C)C. The van der Waals surface area contributed by atoms with E-state index in [0.29, 0.717) is 4.48 Å². The highest BCUT2D eigenvalue weighted by atomic mass is 15.3. The molecular weight excluding hydrogens is 110 g/mol. The summed E-state index contributed by atoms with van der Waals surface area (Å²) in [5, 5.41) is 0. The Morgan fingerprint density at radius 1 is 1.22 bits per heavy atom. The van der Waals surface area contributed by atoms with Crippen LogP contribution in [0.25, 0.3) is 0 Å². The van der Waals surface area contributed by atoms with Gasteiger partial charge in [-0.25, -0.2) is 4.48 Å². The summed E-state index contributed by atoms with van der Waals surface area (Å²) in [7, 11) is 4.06. The van der Waals surface area contributed by atoms with Crippen LogP contribution in [0.3, 0.4) is 0 Å². The Bertz CT molecular complexity index is 132. The van der Waals surface area contributed by atoms with Crippen LogP contribution in [0.15, 0.2) is 0 Å². The highest BCUT2D eigenvalue weighted by molar-refractivity contribution is 4.76. The molecule has 0 amide bonds. The van der Waals surface area contributed by atoms with E-state index in [1.54, 1.807) is 0 Å². The topological polar surface area (TPSA) is 0 Å². The third-order valence-corrected chi connectivity index (χ3v) is 2.00. The second-order valence-electron chi connectivity index (χ2n) is 3.75. The fourth-order valence-electron chi connectivity index (χ4n) is 0.194. The number of rotatable bonds is 0. The van der Waals surface area contributed by atoms with Gasteiger partial charge in [0.1, 0.15) is 11.6 Å². The lowest BCUT2D eigenvalue weighted by atomic mass is 10.1. The van der Waals surface area contributed by atoms with Crippen LogP contribution in [0.2, 0.25) is 0 Å². The summed E-state index contributed by atoms with van der Waals surface area (Å²) in [4.78, 5) is 0. The minimum atomic E-state index is 0.148. The zero-order valence-corrected chi connectivity index (χ0v) is 7.02. The van der Waals surface area contributed by atoms with Gasteiger partial charge >= 0.3 is 0 Å². The standard InChI is InChI=1S/C8H16N/c1-7-9(5,6)8(2,3)4/h1H,2-6H3/q+1. The molecule has 0 N–H and O–H groups in total. The van der Waals surface area contributed by atoms with E-state index in [9.17, 15) is 0 Å². The van der Waals surface area contributed by atoms with Gasteiger partial charge in [0.15, 0.2) is 0 Å². The van der Waals surface area contributed by atoms with E-state index in [2.05, 4.69) is 26.8 Å². The highest BCUT2D eigenvalue weighted by Gasteiger charge is 2.29. The first kappa shape index (κ1) is 8.52. The molecule has 0 fully saturated rings. The Morgan fingerprint density at radius 3 is 1.56 bits per heavy atom. The quantitative estimate of drug-likeness (QED) is 0.340. The average Bonchev–Trinajstić information content (AvgIpc) is 1.64. The third kappa shape index (κ3) is 1.73. The predicted octanol–water partition coefficient (Wildman–Crippen LogP) is 1.45. The van der Waals surface area contributed by atoms with Gasteiger partial charge in [-0.05, 0) is 20.8 Å². The third-order valence-electron chi connectivity index (χ3n) is 2.00. The fourth-order valence-corrected chi connectivity index (χ4v) is 0.194. The maximum Gasteiger partial charge on any atom is 0.133 e. The van der Waals surface area contributed by atoms with E-state index >= 15 is 0 Å². The van der Waals surface area contributed by atoms with Crippen LogP contribution in [-0.2, 0) is 0 Å². The molecule has 0 saturated heterocycles. The van der Waals surface area contributed by atoms with Crippen molar-refractivity contribution in [1.29, 1.82) is 0 Å². The van der Waals surface area contributed by atoms with E-state index in [1.807, 2.05) is 14.1 Å². The normalized spacial score (nSPS) is 12.9. The van der Waals surface area contributed by atoms with Crippen LogP contribution >= 0.6 is 0 Å². The van der Waals surface area contributed by atoms with Gasteiger partial charge in [0.2, 0.25) is 0 Å². The molecule has 0 bridgehead atoms. The lowest BCUT2D eigenvalue weighted by molar-refractivity contribution is -0.872. The van der Waals surface area contributed by atoms with Crippen LogP contribution in [-0.4, -0.2) is 24.1 Å². The van der Waals surface area contributed by atoms with Gasteiger partial charge in [-0.1, -0.05) is 6.42 Å². The number of hydrogen-bond acceptors (Lipinski definition) is 0. The molecule has 0 unspecified atom stereocenters. The van der Waals surface area contributed by atoms with Gasteiger partial charge in [0, 0.05) is 0 Å². The first-order chi connectivity index (χ1) is 3.81. The van der Waals surface area contributed by atoms with Gasteiger partial charge in [-0.15, -0.1) is 0 Å². The molecule has 1 heteroatoms. The summed E-state index contributed by atoms with van der Waals surface area (Å²) in [5.41, 5.74) is 0.148. The van der Waals surface area contributed by atoms with Crippen molar-refractivity contribution in [2.75, 3.05) is 14.1 Å². The summed E-state index contributed by atoms with van der Waals surface area (Å²) in [6.07, 6.45) is 5.31. The molecular formula is C8H16N+. The molecule has 0 aromatic carbocycles. The Kier molecular flexibility index (Phi) is 1.93. The van der Waals surface area contributed by atoms with Crippen LogP contribution < -0.4 is 0 Å². The Labute approximate surface area is 58.3 Å². The highest BCUT2D eigenvalue weighted by Crippen LogP contribution is 2.16. The fraction of sp³-hybridized carbons (Fsp3) is 0.750. The predicted molar refractivity (Wildman–Crippen MR) is 40.7 cm³/mol. The lowest BCUT2D eigenvalue weighted by Gasteiger charge is -2.35. The van der Waals surface area contributed by atoms with E-state index in [-0.39, 0.29) is 5.54 Å². The molecule has 0 radical (unpaired) electrons. The molecule has 0 aliphatic rings. The Hall–Kier alpha value is -0.480. The van der Waals surface area contributed by atoms with Gasteiger partial charge in [0.25, 0.3) is 0 Å². The number of hydrogen-bond donors (Lipinski definition) is 0. The summed E-state index contributed by atoms with van der Waals surface area (Å²) < 4.78 is 0.618. The zero-order chi connectivity index (χ0) is 7.71. The lowest BCUT2D eigenvalue weighted by Crippen LogP contribution is -2.50. The van der Waals surface area contributed by atoms with Crippen LogP contribution in [0.4, 0.5) is 0 Å². The second-order valence-corrected chi connectivity index (χ2v) is 3.75. The minimum Gasteiger partial charge on any atom is -0.247 e. The molecule has 0 saturated carbocycles. The van der Waals surface area contributed by atoms with Crippen molar-refractivity contribution in [3.05, 3.63) is 0 Å². The maximum absolute atomic E-state index is 5.31. The number of terminal acetylenes is 1. The van der Waals surface area contributed by atoms with Crippen molar-refractivity contribution < 1.29 is 4.48 Å². The monoisotopic (exact) mass is 126 g/mol. The second kappa shape index (κ2) is 2.04. The number of quaternary nitrogens is 1. The molecule has 1 nitrogen and oxygen atoms in total. The van der Waals surface area contributed by atoms with Gasteiger partial charge in [0.05, 0.1) is 14.1 Å². The van der Waals surface area contributed by atoms with Crippen molar-refractivity contribution in [2.45, 2.75) is 26.3 Å². The van der Waals surface area contributed by atoms with Crippen molar-refractivity contribution in [2.24, 2.45) is 0 Å². The summed E-state index contributed by atoms with van der Waals surface area (Å²) in [5.74, 6) is 0. The summed E-state index contributed by atoms with van der Waals surface area (Å²) in [6.45, 7) is 6.40. The van der Waals surface area contributed by atoms with Crippen LogP contribution in [0.5, 0.6) is 0 Å². The molecule has 0 heterocycles. The largest absolute Gasteiger partial charge is 0.247 e. The molecule has 0 aliphatic carbocycles. The van der Waals surface area contributed by atoms with Gasteiger partial charge < -0.3 is 0 Å². The molecule has 0 aromatic heterocycles. The zero-order valence-electron chi connectivity index (χ0n) is 7.02. The number of nitrogens with zero attached hydrogens (tertiary/aromatic N) is 1. The van der Waals surface area contributed by atoms with Crippen molar-refractivity contribution in [3.8, 4) is 12.5 Å². The Balaban J connectivity index is 4.39. The van der Waals surface area contributed by atoms with E-state index in [1.165, 1.54) is 0 Å². The Morgan fingerprint density at radius 2 is 1.56 bits per heavy atom. The smallest absolute Gasteiger partial charge is 0.133 e. The van der Waals surface area contributed by atoms with Gasteiger partial charge in [-0.2, -0.15) is 0 Å². The molecule has 0 spiro atoms.